The van der Waals surface area contributed by atoms with Crippen LogP contribution in [0.4, 0.5) is 4.79 Å². The Morgan fingerprint density at radius 3 is 2.03 bits per heavy atom. The van der Waals surface area contributed by atoms with Crippen LogP contribution in [0.15, 0.2) is 48.5 Å². The fourth-order valence-electron chi connectivity index (χ4n) is 4.41. The molecule has 1 aliphatic rings. The molecule has 2 aromatic rings. The number of amides is 2. The van der Waals surface area contributed by atoms with Crippen LogP contribution in [0.3, 0.4) is 0 Å². The molecule has 34 heavy (non-hydrogen) atoms. The van der Waals surface area contributed by atoms with Gasteiger partial charge in [0.15, 0.2) is 0 Å². The number of carbonyl (C=O) groups is 3. The van der Waals surface area contributed by atoms with Gasteiger partial charge in [-0.2, -0.15) is 0 Å². The summed E-state index contributed by atoms with van der Waals surface area (Å²) in [7, 11) is 0. The minimum Gasteiger partial charge on any atom is -0.481 e. The second kappa shape index (κ2) is 10.7. The predicted molar refractivity (Wildman–Crippen MR) is 131 cm³/mol. The van der Waals surface area contributed by atoms with E-state index in [1.54, 1.807) is 0 Å². The summed E-state index contributed by atoms with van der Waals surface area (Å²) in [4.78, 5) is 36.7. The van der Waals surface area contributed by atoms with Crippen LogP contribution in [0.5, 0.6) is 0 Å². The Labute approximate surface area is 200 Å². The Kier molecular flexibility index (Phi) is 7.97. The third kappa shape index (κ3) is 6.37. The fraction of sp³-hybridized carbons (Fsp3) is 0.444. The summed E-state index contributed by atoms with van der Waals surface area (Å²) >= 11 is 0. The molecule has 0 saturated heterocycles. The van der Waals surface area contributed by atoms with E-state index in [4.69, 9.17) is 9.84 Å². The lowest BCUT2D eigenvalue weighted by molar-refractivity contribution is -0.137. The third-order valence-corrected chi connectivity index (χ3v) is 6.03. The van der Waals surface area contributed by atoms with Crippen molar-refractivity contribution in [3.63, 3.8) is 0 Å². The number of ether oxygens (including phenoxy) is 1. The molecule has 0 fully saturated rings. The van der Waals surface area contributed by atoms with Gasteiger partial charge < -0.3 is 20.5 Å². The molecule has 3 N–H and O–H groups in total. The monoisotopic (exact) mass is 466 g/mol. The molecule has 182 valence electrons. The van der Waals surface area contributed by atoms with E-state index < -0.39 is 30.1 Å². The number of hydrogen-bond donors (Lipinski definition) is 3. The highest BCUT2D eigenvalue weighted by Gasteiger charge is 2.31. The molecule has 2 amide bonds. The van der Waals surface area contributed by atoms with Gasteiger partial charge in [0.25, 0.3) is 0 Å². The summed E-state index contributed by atoms with van der Waals surface area (Å²) in [5.74, 6) is -1.46. The minimum absolute atomic E-state index is 0.0759. The molecule has 0 bridgehead atoms. The van der Waals surface area contributed by atoms with Crippen molar-refractivity contribution in [3.05, 3.63) is 59.7 Å². The van der Waals surface area contributed by atoms with E-state index in [9.17, 15) is 14.4 Å². The Bertz CT molecular complexity index is 998. The molecule has 1 unspecified atom stereocenters. The molecule has 0 spiro atoms. The number of benzene rings is 2. The van der Waals surface area contributed by atoms with Gasteiger partial charge in [-0.15, -0.1) is 0 Å². The first kappa shape index (κ1) is 25.3. The van der Waals surface area contributed by atoms with Gasteiger partial charge in [-0.05, 0) is 40.5 Å². The topological polar surface area (TPSA) is 105 Å². The van der Waals surface area contributed by atoms with Gasteiger partial charge in [0.2, 0.25) is 5.91 Å². The Hall–Kier alpha value is -3.35. The highest BCUT2D eigenvalue weighted by Crippen LogP contribution is 2.44. The second-order valence-electron chi connectivity index (χ2n) is 10.00. The molecule has 2 aromatic carbocycles. The number of carbonyl (C=O) groups excluding carboxylic acids is 2. The van der Waals surface area contributed by atoms with Crippen LogP contribution < -0.4 is 10.6 Å². The van der Waals surface area contributed by atoms with E-state index in [-0.39, 0.29) is 24.4 Å². The van der Waals surface area contributed by atoms with Crippen LogP contribution in [0.25, 0.3) is 11.1 Å². The lowest BCUT2D eigenvalue weighted by Gasteiger charge is -2.27. The van der Waals surface area contributed by atoms with E-state index in [2.05, 4.69) is 22.8 Å². The van der Waals surface area contributed by atoms with Crippen LogP contribution in [0.1, 0.15) is 64.0 Å². The summed E-state index contributed by atoms with van der Waals surface area (Å²) in [5, 5.41) is 14.5. The number of aliphatic carboxylic acids is 1. The zero-order valence-corrected chi connectivity index (χ0v) is 20.3. The second-order valence-corrected chi connectivity index (χ2v) is 10.00. The van der Waals surface area contributed by atoms with Crippen molar-refractivity contribution in [1.82, 2.24) is 10.6 Å². The maximum absolute atomic E-state index is 12.9. The van der Waals surface area contributed by atoms with E-state index in [1.165, 1.54) is 0 Å². The van der Waals surface area contributed by atoms with Crippen LogP contribution in [0.2, 0.25) is 0 Å². The average molecular weight is 467 g/mol. The van der Waals surface area contributed by atoms with E-state index in [0.29, 0.717) is 12.8 Å². The Balaban J connectivity index is 1.68. The highest BCUT2D eigenvalue weighted by atomic mass is 16.5. The smallest absolute Gasteiger partial charge is 0.407 e. The van der Waals surface area contributed by atoms with Crippen molar-refractivity contribution < 1.29 is 24.2 Å². The zero-order valence-electron chi connectivity index (χ0n) is 20.3. The van der Waals surface area contributed by atoms with Crippen molar-refractivity contribution in [2.45, 2.75) is 65.0 Å². The van der Waals surface area contributed by atoms with Crippen LogP contribution in [0, 0.1) is 5.41 Å². The standard InChI is InChI=1S/C27H34N2O5/c1-5-17(14-24(30)31)28-25(32)23(15-27(2,3)4)29-26(33)34-16-22-20-12-8-6-10-18(20)19-11-7-9-13-21(19)22/h6-13,17,22-23H,5,14-16H2,1-4H3,(H,28,32)(H,29,33)(H,30,31)/t17-,23?/m0/s1. The SMILES string of the molecule is CC[C@@H](CC(=O)O)NC(=O)C(CC(C)(C)C)NC(=O)OCC1c2ccccc2-c2ccccc21. The van der Waals surface area contributed by atoms with Crippen LogP contribution in [-0.4, -0.2) is 41.8 Å². The van der Waals surface area contributed by atoms with E-state index in [0.717, 1.165) is 22.3 Å². The molecule has 7 nitrogen and oxygen atoms in total. The molecule has 0 aromatic heterocycles. The quantitative estimate of drug-likeness (QED) is 0.497. The van der Waals surface area contributed by atoms with E-state index >= 15 is 0 Å². The molecule has 3 rings (SSSR count). The van der Waals surface area contributed by atoms with Gasteiger partial charge in [-0.25, -0.2) is 4.79 Å². The maximum Gasteiger partial charge on any atom is 0.407 e. The van der Waals surface area contributed by atoms with Crippen LogP contribution in [-0.2, 0) is 14.3 Å². The summed E-state index contributed by atoms with van der Waals surface area (Å²) in [6.45, 7) is 7.88. The van der Waals surface area contributed by atoms with Crippen molar-refractivity contribution >= 4 is 18.0 Å². The normalized spacial score (nSPS) is 14.5. The molecular formula is C27H34N2O5. The first-order chi connectivity index (χ1) is 16.1. The lowest BCUT2D eigenvalue weighted by atomic mass is 9.87. The summed E-state index contributed by atoms with van der Waals surface area (Å²) in [6.07, 6.45) is 0.0187. The summed E-state index contributed by atoms with van der Waals surface area (Å²) < 4.78 is 5.61. The first-order valence-electron chi connectivity index (χ1n) is 11.7. The Morgan fingerprint density at radius 1 is 0.971 bits per heavy atom. The zero-order chi connectivity index (χ0) is 24.9. The summed E-state index contributed by atoms with van der Waals surface area (Å²) in [6, 6.07) is 14.8. The number of carboxylic acids is 1. The Morgan fingerprint density at radius 2 is 1.53 bits per heavy atom. The largest absolute Gasteiger partial charge is 0.481 e. The lowest BCUT2D eigenvalue weighted by Crippen LogP contribution is -2.51. The molecule has 0 heterocycles. The van der Waals surface area contributed by atoms with Crippen LogP contribution >= 0.6 is 0 Å². The van der Waals surface area contributed by atoms with Crippen molar-refractivity contribution in [2.24, 2.45) is 5.41 Å². The molecule has 7 heteroatoms. The van der Waals surface area contributed by atoms with Gasteiger partial charge in [-0.3, -0.25) is 9.59 Å². The van der Waals surface area contributed by atoms with Crippen molar-refractivity contribution in [3.8, 4) is 11.1 Å². The van der Waals surface area contributed by atoms with Gasteiger partial charge in [0, 0.05) is 12.0 Å². The third-order valence-electron chi connectivity index (χ3n) is 6.03. The first-order valence-corrected chi connectivity index (χ1v) is 11.7. The van der Waals surface area contributed by atoms with E-state index in [1.807, 2.05) is 64.1 Å². The number of hydrogen-bond acceptors (Lipinski definition) is 4. The number of fused-ring (bicyclic) bond motifs is 3. The molecular weight excluding hydrogens is 432 g/mol. The molecule has 1 aliphatic carbocycles. The van der Waals surface area contributed by atoms with Crippen molar-refractivity contribution in [1.29, 1.82) is 0 Å². The molecule has 2 atom stereocenters. The van der Waals surface area contributed by atoms with Gasteiger partial charge >= 0.3 is 12.1 Å². The van der Waals surface area contributed by atoms with Crippen molar-refractivity contribution in [2.75, 3.05) is 6.61 Å². The molecule has 0 saturated carbocycles. The number of carboxylic acid groups (broad SMARTS) is 1. The number of alkyl carbamates (subject to hydrolysis) is 1. The highest BCUT2D eigenvalue weighted by molar-refractivity contribution is 5.86. The maximum atomic E-state index is 12.9. The molecule has 0 radical (unpaired) electrons. The van der Waals surface area contributed by atoms with Gasteiger partial charge in [0.05, 0.1) is 6.42 Å². The van der Waals surface area contributed by atoms with Gasteiger partial charge in [-0.1, -0.05) is 76.2 Å². The predicted octanol–water partition coefficient (Wildman–Crippen LogP) is 4.70. The number of rotatable bonds is 9. The molecule has 0 aliphatic heterocycles. The summed E-state index contributed by atoms with van der Waals surface area (Å²) in [5.41, 5.74) is 4.26. The van der Waals surface area contributed by atoms with Gasteiger partial charge in [0.1, 0.15) is 12.6 Å². The minimum atomic E-state index is -0.982. The number of nitrogens with one attached hydrogen (secondary N) is 2. The average Bonchev–Trinajstić information content (AvgIpc) is 3.09. The fourth-order valence-corrected chi connectivity index (χ4v) is 4.41.